The van der Waals surface area contributed by atoms with E-state index < -0.39 is 0 Å². The lowest BCUT2D eigenvalue weighted by molar-refractivity contribution is 0.509. The highest BCUT2D eigenvalue weighted by atomic mass is 32.1. The maximum atomic E-state index is 5.77. The van der Waals surface area contributed by atoms with Crippen molar-refractivity contribution in [2.45, 2.75) is 165 Å². The minimum absolute atomic E-state index is 0.909. The van der Waals surface area contributed by atoms with E-state index in [1.54, 1.807) is 0 Å². The monoisotopic (exact) mass is 500 g/mol. The van der Waals surface area contributed by atoms with E-state index in [9.17, 15) is 0 Å². The quantitative estimate of drug-likeness (QED) is 0.0914. The van der Waals surface area contributed by atoms with Gasteiger partial charge in [-0.25, -0.2) is 0 Å². The third-order valence-electron chi connectivity index (χ3n) is 6.64. The highest BCUT2D eigenvalue weighted by Gasteiger charge is 2.12. The van der Waals surface area contributed by atoms with Gasteiger partial charge in [0.15, 0.2) is 4.77 Å². The summed E-state index contributed by atoms with van der Waals surface area (Å²) < 4.78 is 5.30. The van der Waals surface area contributed by atoms with Crippen molar-refractivity contribution < 1.29 is 0 Å². The summed E-state index contributed by atoms with van der Waals surface area (Å²) >= 11 is 15.2. The Kier molecular flexibility index (Phi) is 19.3. The van der Waals surface area contributed by atoms with Crippen molar-refractivity contribution >= 4 is 37.5 Å². The van der Waals surface area contributed by atoms with Gasteiger partial charge in [-0.15, -0.1) is 25.3 Å². The van der Waals surface area contributed by atoms with Crippen molar-refractivity contribution in [3.63, 3.8) is 0 Å². The molecule has 0 aliphatic carbocycles. The minimum Gasteiger partial charge on any atom is -0.311 e. The molecule has 0 atom stereocenters. The maximum Gasteiger partial charge on any atom is 0.181 e. The first kappa shape index (κ1) is 30.2. The van der Waals surface area contributed by atoms with Crippen molar-refractivity contribution in [3.8, 4) is 0 Å². The van der Waals surface area contributed by atoms with Crippen LogP contribution in [0.1, 0.15) is 142 Å². The number of aromatic nitrogens is 2. The van der Waals surface area contributed by atoms with Crippen molar-refractivity contribution in [1.82, 2.24) is 9.13 Å². The number of hydrogen-bond donors (Lipinski definition) is 2. The van der Waals surface area contributed by atoms with Crippen molar-refractivity contribution in [3.05, 3.63) is 4.77 Å². The Bertz CT molecular complexity index is 571. The molecular weight excluding hydrogens is 449 g/mol. The Morgan fingerprint density at radius 1 is 0.469 bits per heavy atom. The Labute approximate surface area is 216 Å². The first-order valence-electron chi connectivity index (χ1n) is 13.8. The predicted molar refractivity (Wildman–Crippen MR) is 151 cm³/mol. The number of imidazole rings is 1. The number of hydrogen-bond acceptors (Lipinski definition) is 3. The second-order valence-electron chi connectivity index (χ2n) is 9.60. The molecule has 0 unspecified atom stereocenters. The van der Waals surface area contributed by atoms with Crippen molar-refractivity contribution in [1.29, 1.82) is 0 Å². The number of unbranched alkanes of at least 4 members (excludes halogenated alkanes) is 18. The van der Waals surface area contributed by atoms with Crippen molar-refractivity contribution in [2.75, 3.05) is 0 Å². The number of nitrogens with zero attached hydrogens (tertiary/aromatic N) is 2. The summed E-state index contributed by atoms with van der Waals surface area (Å²) in [6.45, 7) is 6.52. The van der Waals surface area contributed by atoms with Crippen LogP contribution in [0.2, 0.25) is 0 Å². The molecule has 32 heavy (non-hydrogen) atoms. The molecule has 0 radical (unpaired) electrons. The minimum atomic E-state index is 0.909. The largest absolute Gasteiger partial charge is 0.311 e. The van der Waals surface area contributed by atoms with Crippen LogP contribution in [0, 0.1) is 4.77 Å². The first-order valence-corrected chi connectivity index (χ1v) is 15.1. The topological polar surface area (TPSA) is 9.86 Å². The molecule has 0 N–H and O–H groups in total. The van der Waals surface area contributed by atoms with Crippen LogP contribution in [0.4, 0.5) is 0 Å². The maximum absolute atomic E-state index is 5.77. The van der Waals surface area contributed by atoms with E-state index in [0.29, 0.717) is 0 Å². The molecule has 0 aromatic carbocycles. The Morgan fingerprint density at radius 2 is 0.719 bits per heavy atom. The zero-order valence-corrected chi connectivity index (χ0v) is 23.9. The highest BCUT2D eigenvalue weighted by Crippen LogP contribution is 2.23. The molecule has 1 rings (SSSR count). The van der Waals surface area contributed by atoms with Gasteiger partial charge in [0.05, 0.1) is 0 Å². The molecule has 1 aromatic heterocycles. The summed E-state index contributed by atoms with van der Waals surface area (Å²) in [4.78, 5) is 0. The smallest absolute Gasteiger partial charge is 0.181 e. The van der Waals surface area contributed by atoms with Gasteiger partial charge < -0.3 is 9.13 Å². The predicted octanol–water partition coefficient (Wildman–Crippen LogP) is 10.4. The fraction of sp³-hybridized carbons (Fsp3) is 0.889. The molecule has 0 aliphatic rings. The van der Waals surface area contributed by atoms with Gasteiger partial charge in [-0.1, -0.05) is 129 Å². The first-order chi connectivity index (χ1) is 15.6. The molecule has 0 amide bonds. The third-order valence-corrected chi connectivity index (χ3v) is 8.17. The second-order valence-corrected chi connectivity index (χ2v) is 10.8. The Morgan fingerprint density at radius 3 is 1.00 bits per heavy atom. The van der Waals surface area contributed by atoms with Gasteiger partial charge in [-0.2, -0.15) is 0 Å². The summed E-state index contributed by atoms with van der Waals surface area (Å²) in [6.07, 6.45) is 27.2. The van der Waals surface area contributed by atoms with Crippen LogP contribution in [0.5, 0.6) is 0 Å². The van der Waals surface area contributed by atoms with Crippen LogP contribution in [0.25, 0.3) is 0 Å². The van der Waals surface area contributed by atoms with Crippen LogP contribution in [0.15, 0.2) is 10.1 Å². The fourth-order valence-corrected chi connectivity index (χ4v) is 5.62. The van der Waals surface area contributed by atoms with Crippen LogP contribution in [-0.4, -0.2) is 9.13 Å². The third kappa shape index (κ3) is 13.1. The van der Waals surface area contributed by atoms with Gasteiger partial charge in [0, 0.05) is 13.1 Å². The Hall–Kier alpha value is 0.130. The molecule has 1 heterocycles. The molecule has 2 nitrogen and oxygen atoms in total. The van der Waals surface area contributed by atoms with Gasteiger partial charge in [0.25, 0.3) is 0 Å². The van der Waals surface area contributed by atoms with E-state index in [4.69, 9.17) is 37.5 Å². The molecule has 0 spiro atoms. The van der Waals surface area contributed by atoms with Crippen molar-refractivity contribution in [2.24, 2.45) is 0 Å². The van der Waals surface area contributed by atoms with E-state index in [2.05, 4.69) is 23.0 Å². The van der Waals surface area contributed by atoms with E-state index in [1.807, 2.05) is 0 Å². The average Bonchev–Trinajstić information content (AvgIpc) is 2.99. The SMILES string of the molecule is CCCCCCCCCCCCn1c(S)c(S)n(CCCCCCCCCCCC)c1=S. The van der Waals surface area contributed by atoms with Gasteiger partial charge in [-0.05, 0) is 25.1 Å². The lowest BCUT2D eigenvalue weighted by Gasteiger charge is -2.06. The zero-order chi connectivity index (χ0) is 23.4. The molecule has 0 aliphatic heterocycles. The summed E-state index contributed by atoms with van der Waals surface area (Å²) in [7, 11) is 0. The normalized spacial score (nSPS) is 11.5. The van der Waals surface area contributed by atoms with Crippen LogP contribution in [-0.2, 0) is 13.1 Å². The molecule has 1 aromatic rings. The summed E-state index contributed by atoms with van der Waals surface area (Å²) in [5.41, 5.74) is 0. The molecule has 0 fully saturated rings. The van der Waals surface area contributed by atoms with Crippen LogP contribution < -0.4 is 0 Å². The molecule has 0 bridgehead atoms. The molecule has 188 valence electrons. The number of thiol groups is 2. The average molecular weight is 501 g/mol. The summed E-state index contributed by atoms with van der Waals surface area (Å²) in [6, 6.07) is 0. The molecule has 0 saturated heterocycles. The Balaban J connectivity index is 2.18. The van der Waals surface area contributed by atoms with Crippen LogP contribution >= 0.6 is 37.5 Å². The van der Waals surface area contributed by atoms with Gasteiger partial charge >= 0.3 is 0 Å². The fourth-order valence-electron chi connectivity index (χ4n) is 4.49. The summed E-state index contributed by atoms with van der Waals surface area (Å²) in [5, 5.41) is 1.89. The molecular formula is C27H52N2S3. The zero-order valence-electron chi connectivity index (χ0n) is 21.3. The van der Waals surface area contributed by atoms with E-state index in [0.717, 1.165) is 27.9 Å². The summed E-state index contributed by atoms with van der Waals surface area (Å²) in [5.74, 6) is 0. The van der Waals surface area contributed by atoms with E-state index in [1.165, 1.54) is 128 Å². The van der Waals surface area contributed by atoms with E-state index in [-0.39, 0.29) is 0 Å². The van der Waals surface area contributed by atoms with Gasteiger partial charge in [0.1, 0.15) is 10.1 Å². The highest BCUT2D eigenvalue weighted by molar-refractivity contribution is 7.83. The van der Waals surface area contributed by atoms with Crippen LogP contribution in [0.3, 0.4) is 0 Å². The van der Waals surface area contributed by atoms with E-state index >= 15 is 0 Å². The van der Waals surface area contributed by atoms with Gasteiger partial charge in [0.2, 0.25) is 0 Å². The molecule has 0 saturated carbocycles. The standard InChI is InChI=1S/C27H52N2S3/c1-3-5-7-9-11-13-15-17-19-21-23-28-25(30)26(31)29(27(28)32)24-22-20-18-16-14-12-10-8-6-4-2/h30-31H,3-24H2,1-2H3. The lowest BCUT2D eigenvalue weighted by Crippen LogP contribution is -2.03. The van der Waals surface area contributed by atoms with Gasteiger partial charge in [-0.3, -0.25) is 0 Å². The lowest BCUT2D eigenvalue weighted by atomic mass is 10.1. The second kappa shape index (κ2) is 20.5. The molecule has 5 heteroatoms. The number of rotatable bonds is 22.